The number of para-hydroxylation sites is 1. The molecule has 0 atom stereocenters. The van der Waals surface area contributed by atoms with Crippen LogP contribution in [0.2, 0.25) is 0 Å². The van der Waals surface area contributed by atoms with E-state index in [1.54, 1.807) is 29.2 Å². The molecular weight excluding hydrogens is 421 g/mol. The average Bonchev–Trinajstić information content (AvgIpc) is 2.79. The van der Waals surface area contributed by atoms with Crippen LogP contribution in [0, 0.1) is 26.0 Å². The van der Waals surface area contributed by atoms with Crippen molar-refractivity contribution < 1.29 is 14.2 Å². The first kappa shape index (κ1) is 20.9. The quantitative estimate of drug-likeness (QED) is 0.453. The van der Waals surface area contributed by atoms with Gasteiger partial charge in [0.1, 0.15) is 12.1 Å². The molecule has 164 valence electrons. The van der Waals surface area contributed by atoms with E-state index in [1.165, 1.54) is 30.6 Å². The Bertz CT molecular complexity index is 1170. The molecule has 1 aliphatic heterocycles. The molecule has 1 aliphatic rings. The SMILES string of the molecule is O=[N+]([O-])c1cccc(Nc2ncnc(N3CCN(c4ccccc4F)CC3)c2[N+](=O)[O-])c1. The second-order valence-corrected chi connectivity index (χ2v) is 7.01. The summed E-state index contributed by atoms with van der Waals surface area (Å²) in [5.41, 5.74) is 0.281. The van der Waals surface area contributed by atoms with Crippen LogP contribution >= 0.6 is 0 Å². The summed E-state index contributed by atoms with van der Waals surface area (Å²) in [6.07, 6.45) is 1.20. The number of nitro groups is 2. The maximum absolute atomic E-state index is 14.1. The van der Waals surface area contributed by atoms with E-state index in [4.69, 9.17) is 0 Å². The van der Waals surface area contributed by atoms with Gasteiger partial charge in [-0.15, -0.1) is 0 Å². The Morgan fingerprint density at radius 2 is 1.62 bits per heavy atom. The third kappa shape index (κ3) is 4.24. The van der Waals surface area contributed by atoms with Crippen molar-refractivity contribution in [1.82, 2.24) is 9.97 Å². The Kier molecular flexibility index (Phi) is 5.75. The van der Waals surface area contributed by atoms with E-state index in [0.29, 0.717) is 31.9 Å². The molecule has 1 fully saturated rings. The summed E-state index contributed by atoms with van der Waals surface area (Å²) < 4.78 is 14.1. The summed E-state index contributed by atoms with van der Waals surface area (Å²) in [6.45, 7) is 1.69. The Balaban J connectivity index is 1.58. The zero-order chi connectivity index (χ0) is 22.7. The number of non-ortho nitro benzene ring substituents is 1. The lowest BCUT2D eigenvalue weighted by molar-refractivity contribution is -0.384. The Morgan fingerprint density at radius 3 is 2.31 bits per heavy atom. The summed E-state index contributed by atoms with van der Waals surface area (Å²) in [7, 11) is 0. The number of nitrogens with zero attached hydrogens (tertiary/aromatic N) is 6. The number of benzene rings is 2. The van der Waals surface area contributed by atoms with Gasteiger partial charge in [0.2, 0.25) is 11.6 Å². The van der Waals surface area contributed by atoms with Gasteiger partial charge in [0.15, 0.2) is 0 Å². The van der Waals surface area contributed by atoms with Gasteiger partial charge in [-0.25, -0.2) is 14.4 Å². The minimum atomic E-state index is -0.585. The van der Waals surface area contributed by atoms with Gasteiger partial charge >= 0.3 is 5.69 Å². The molecule has 0 radical (unpaired) electrons. The molecule has 1 saturated heterocycles. The fourth-order valence-corrected chi connectivity index (χ4v) is 3.56. The maximum Gasteiger partial charge on any atom is 0.353 e. The van der Waals surface area contributed by atoms with Gasteiger partial charge in [-0.2, -0.15) is 0 Å². The molecule has 12 heteroatoms. The molecular formula is C20H18FN7O4. The van der Waals surface area contributed by atoms with Crippen LogP contribution in [-0.4, -0.2) is 46.0 Å². The van der Waals surface area contributed by atoms with Crippen molar-refractivity contribution in [3.8, 4) is 0 Å². The molecule has 4 rings (SSSR count). The lowest BCUT2D eigenvalue weighted by Crippen LogP contribution is -2.47. The minimum Gasteiger partial charge on any atom is -0.366 e. The van der Waals surface area contributed by atoms with Crippen molar-refractivity contribution >= 4 is 34.4 Å². The molecule has 32 heavy (non-hydrogen) atoms. The van der Waals surface area contributed by atoms with Crippen molar-refractivity contribution in [3.63, 3.8) is 0 Å². The Labute approximate surface area is 181 Å². The van der Waals surface area contributed by atoms with Gasteiger partial charge in [0.25, 0.3) is 5.69 Å². The summed E-state index contributed by atoms with van der Waals surface area (Å²) in [5.74, 6) is -0.263. The number of anilines is 4. The number of hydrogen-bond donors (Lipinski definition) is 1. The van der Waals surface area contributed by atoms with Crippen LogP contribution in [0.1, 0.15) is 0 Å². The molecule has 0 saturated carbocycles. The van der Waals surface area contributed by atoms with Gasteiger partial charge in [0.05, 0.1) is 15.5 Å². The average molecular weight is 439 g/mol. The third-order valence-electron chi connectivity index (χ3n) is 5.08. The number of rotatable bonds is 6. The van der Waals surface area contributed by atoms with E-state index < -0.39 is 9.85 Å². The van der Waals surface area contributed by atoms with E-state index in [2.05, 4.69) is 15.3 Å². The molecule has 0 spiro atoms. The molecule has 0 bridgehead atoms. The molecule has 1 aromatic heterocycles. The smallest absolute Gasteiger partial charge is 0.353 e. The molecule has 0 aliphatic carbocycles. The van der Waals surface area contributed by atoms with Crippen LogP contribution in [0.15, 0.2) is 54.9 Å². The highest BCUT2D eigenvalue weighted by atomic mass is 19.1. The number of halogens is 1. The van der Waals surface area contributed by atoms with Crippen LogP contribution in [-0.2, 0) is 0 Å². The first-order chi connectivity index (χ1) is 15.4. The van der Waals surface area contributed by atoms with Crippen molar-refractivity contribution in [3.05, 3.63) is 80.9 Å². The topological polar surface area (TPSA) is 131 Å². The molecule has 3 aromatic rings. The van der Waals surface area contributed by atoms with E-state index in [9.17, 15) is 24.6 Å². The standard InChI is InChI=1S/C20H18FN7O4/c21-16-6-1-2-7-17(16)25-8-10-26(11-9-25)20-18(28(31)32)19(22-13-23-20)24-14-4-3-5-15(12-14)27(29)30/h1-7,12-13H,8-11H2,(H,22,23,24). The molecule has 11 nitrogen and oxygen atoms in total. The summed E-state index contributed by atoms with van der Waals surface area (Å²) in [4.78, 5) is 33.5. The number of aromatic nitrogens is 2. The Morgan fingerprint density at radius 1 is 0.906 bits per heavy atom. The van der Waals surface area contributed by atoms with E-state index in [1.807, 2.05) is 4.90 Å². The lowest BCUT2D eigenvalue weighted by Gasteiger charge is -2.36. The van der Waals surface area contributed by atoms with Crippen molar-refractivity contribution in [1.29, 1.82) is 0 Å². The number of nitrogens with one attached hydrogen (secondary N) is 1. The highest BCUT2D eigenvalue weighted by Gasteiger charge is 2.30. The Hall–Kier alpha value is -4.35. The molecule has 2 heterocycles. The van der Waals surface area contributed by atoms with Crippen LogP contribution in [0.3, 0.4) is 0 Å². The fourth-order valence-electron chi connectivity index (χ4n) is 3.56. The molecule has 2 aromatic carbocycles. The highest BCUT2D eigenvalue weighted by Crippen LogP contribution is 2.35. The monoisotopic (exact) mass is 439 g/mol. The number of hydrogen-bond acceptors (Lipinski definition) is 9. The number of piperazine rings is 1. The second kappa shape index (κ2) is 8.79. The van der Waals surface area contributed by atoms with Crippen LogP contribution in [0.4, 0.5) is 38.8 Å². The van der Waals surface area contributed by atoms with Crippen LogP contribution in [0.5, 0.6) is 0 Å². The van der Waals surface area contributed by atoms with E-state index >= 15 is 0 Å². The van der Waals surface area contributed by atoms with Crippen LogP contribution < -0.4 is 15.1 Å². The molecule has 0 unspecified atom stereocenters. The highest BCUT2D eigenvalue weighted by molar-refractivity contribution is 5.75. The summed E-state index contributed by atoms with van der Waals surface area (Å²) >= 11 is 0. The lowest BCUT2D eigenvalue weighted by atomic mass is 10.2. The summed E-state index contributed by atoms with van der Waals surface area (Å²) in [5, 5.41) is 25.7. The van der Waals surface area contributed by atoms with E-state index in [0.717, 1.165) is 0 Å². The maximum atomic E-state index is 14.1. The van der Waals surface area contributed by atoms with Crippen LogP contribution in [0.25, 0.3) is 0 Å². The predicted octanol–water partition coefficient (Wildman–Crippen LogP) is 3.50. The van der Waals surface area contributed by atoms with Crippen molar-refractivity contribution in [2.24, 2.45) is 0 Å². The molecule has 0 amide bonds. The zero-order valence-electron chi connectivity index (χ0n) is 16.7. The third-order valence-corrected chi connectivity index (χ3v) is 5.08. The van der Waals surface area contributed by atoms with Crippen molar-refractivity contribution in [2.75, 3.05) is 41.3 Å². The summed E-state index contributed by atoms with van der Waals surface area (Å²) in [6, 6.07) is 12.1. The van der Waals surface area contributed by atoms with E-state index in [-0.39, 0.29) is 34.5 Å². The fraction of sp³-hybridized carbons (Fsp3) is 0.200. The van der Waals surface area contributed by atoms with Gasteiger partial charge in [-0.3, -0.25) is 20.2 Å². The van der Waals surface area contributed by atoms with Gasteiger partial charge in [-0.05, 0) is 18.2 Å². The minimum absolute atomic E-state index is 0.0722. The van der Waals surface area contributed by atoms with Gasteiger partial charge in [0, 0.05) is 44.0 Å². The first-order valence-electron chi connectivity index (χ1n) is 9.69. The normalized spacial score (nSPS) is 13.7. The predicted molar refractivity (Wildman–Crippen MR) is 116 cm³/mol. The molecule has 1 N–H and O–H groups in total. The second-order valence-electron chi connectivity index (χ2n) is 7.01. The van der Waals surface area contributed by atoms with Gasteiger partial charge in [-0.1, -0.05) is 18.2 Å². The zero-order valence-corrected chi connectivity index (χ0v) is 16.7. The number of nitro benzene ring substituents is 1. The van der Waals surface area contributed by atoms with Gasteiger partial charge < -0.3 is 15.1 Å². The largest absolute Gasteiger partial charge is 0.366 e. The van der Waals surface area contributed by atoms with Crippen molar-refractivity contribution in [2.45, 2.75) is 0 Å². The first-order valence-corrected chi connectivity index (χ1v) is 9.69.